The third-order valence-corrected chi connectivity index (χ3v) is 5.10. The molecule has 0 spiro atoms. The average molecular weight is 328 g/mol. The van der Waals surface area contributed by atoms with Crippen LogP contribution in [-0.4, -0.2) is 0 Å². The maximum atomic E-state index is 4.41. The molecule has 0 amide bonds. The van der Waals surface area contributed by atoms with Crippen molar-refractivity contribution in [1.29, 1.82) is 0 Å². The fourth-order valence-electron chi connectivity index (χ4n) is 3.63. The van der Waals surface area contributed by atoms with Gasteiger partial charge in [0.15, 0.2) is 0 Å². The SMILES string of the molecule is C=c1c(Cc2ccc(C)cc2)cc(=C)c2c(CCCCC)cccc12. The number of hydrogen-bond acceptors (Lipinski definition) is 0. The Kier molecular flexibility index (Phi) is 5.38. The summed E-state index contributed by atoms with van der Waals surface area (Å²) in [5, 5.41) is 4.87. The van der Waals surface area contributed by atoms with Crippen LogP contribution in [0.1, 0.15) is 48.4 Å². The molecule has 3 aromatic carbocycles. The van der Waals surface area contributed by atoms with Gasteiger partial charge in [-0.1, -0.05) is 87.0 Å². The van der Waals surface area contributed by atoms with Gasteiger partial charge in [0.1, 0.15) is 0 Å². The first kappa shape index (κ1) is 17.5. The van der Waals surface area contributed by atoms with Gasteiger partial charge in [-0.05, 0) is 64.1 Å². The molecule has 0 N–H and O–H groups in total. The van der Waals surface area contributed by atoms with Gasteiger partial charge in [-0.25, -0.2) is 0 Å². The molecule has 0 heteroatoms. The van der Waals surface area contributed by atoms with Crippen molar-refractivity contribution in [3.8, 4) is 0 Å². The fourth-order valence-corrected chi connectivity index (χ4v) is 3.63. The first-order chi connectivity index (χ1) is 12.1. The number of unbranched alkanes of at least 4 members (excludes halogenated alkanes) is 2. The Labute approximate surface area is 151 Å². The van der Waals surface area contributed by atoms with Gasteiger partial charge in [-0.15, -0.1) is 0 Å². The van der Waals surface area contributed by atoms with Crippen LogP contribution in [0.3, 0.4) is 0 Å². The molecule has 0 saturated heterocycles. The van der Waals surface area contributed by atoms with E-state index in [4.69, 9.17) is 0 Å². The maximum absolute atomic E-state index is 4.41. The molecule has 25 heavy (non-hydrogen) atoms. The van der Waals surface area contributed by atoms with Gasteiger partial charge in [0.05, 0.1) is 0 Å². The summed E-state index contributed by atoms with van der Waals surface area (Å²) in [6.07, 6.45) is 5.82. The molecule has 3 rings (SSSR count). The van der Waals surface area contributed by atoms with Gasteiger partial charge in [-0.3, -0.25) is 0 Å². The van der Waals surface area contributed by atoms with Crippen molar-refractivity contribution < 1.29 is 0 Å². The van der Waals surface area contributed by atoms with Crippen LogP contribution in [0.2, 0.25) is 0 Å². The highest BCUT2D eigenvalue weighted by Gasteiger charge is 2.07. The normalized spacial score (nSPS) is 11.1. The Morgan fingerprint density at radius 1 is 0.880 bits per heavy atom. The van der Waals surface area contributed by atoms with Gasteiger partial charge >= 0.3 is 0 Å². The third kappa shape index (κ3) is 3.85. The van der Waals surface area contributed by atoms with E-state index in [9.17, 15) is 0 Å². The molecule has 0 unspecified atom stereocenters. The largest absolute Gasteiger partial charge is 0.0911 e. The van der Waals surface area contributed by atoms with E-state index < -0.39 is 0 Å². The first-order valence-corrected chi connectivity index (χ1v) is 9.37. The molecule has 0 saturated carbocycles. The summed E-state index contributed by atoms with van der Waals surface area (Å²) in [7, 11) is 0. The van der Waals surface area contributed by atoms with Crippen molar-refractivity contribution >= 4 is 23.9 Å². The molecule has 0 aliphatic heterocycles. The van der Waals surface area contributed by atoms with Crippen molar-refractivity contribution in [1.82, 2.24) is 0 Å². The number of aryl methyl sites for hydroxylation is 2. The summed E-state index contributed by atoms with van der Waals surface area (Å²) in [6.45, 7) is 13.2. The molecule has 0 fully saturated rings. The average Bonchev–Trinajstić information content (AvgIpc) is 2.61. The van der Waals surface area contributed by atoms with Gasteiger partial charge < -0.3 is 0 Å². The zero-order chi connectivity index (χ0) is 17.8. The molecule has 0 nitrogen and oxygen atoms in total. The Morgan fingerprint density at radius 3 is 2.36 bits per heavy atom. The molecule has 0 heterocycles. The predicted molar refractivity (Wildman–Crippen MR) is 111 cm³/mol. The smallest absolute Gasteiger partial charge is 0.00196 e. The third-order valence-electron chi connectivity index (χ3n) is 5.10. The van der Waals surface area contributed by atoms with Crippen LogP contribution in [0.4, 0.5) is 0 Å². The van der Waals surface area contributed by atoms with Crippen LogP contribution in [0, 0.1) is 6.92 Å². The quantitative estimate of drug-likeness (QED) is 0.539. The highest BCUT2D eigenvalue weighted by molar-refractivity contribution is 5.87. The number of benzene rings is 3. The van der Waals surface area contributed by atoms with E-state index in [2.05, 4.69) is 75.5 Å². The summed E-state index contributed by atoms with van der Waals surface area (Å²) in [4.78, 5) is 0. The lowest BCUT2D eigenvalue weighted by molar-refractivity contribution is 0.719. The van der Waals surface area contributed by atoms with Crippen molar-refractivity contribution in [3.63, 3.8) is 0 Å². The van der Waals surface area contributed by atoms with Crippen LogP contribution in [-0.2, 0) is 12.8 Å². The van der Waals surface area contributed by atoms with Gasteiger partial charge in [-0.2, -0.15) is 0 Å². The summed E-state index contributed by atoms with van der Waals surface area (Å²) in [5.41, 5.74) is 5.33. The minimum absolute atomic E-state index is 0.914. The standard InChI is InChI=1S/C25H28/c1-5-6-7-9-22-10-8-11-24-20(4)23(16-19(3)25(22)24)17-21-14-12-18(2)13-15-21/h8,10-16H,3-7,9,17H2,1-2H3. The van der Waals surface area contributed by atoms with Crippen LogP contribution >= 0.6 is 0 Å². The Balaban J connectivity index is 2.03. The van der Waals surface area contributed by atoms with E-state index in [-0.39, 0.29) is 0 Å². The summed E-state index contributed by atoms with van der Waals surface area (Å²) in [6, 6.07) is 17.7. The molecular formula is C25H28. The second-order valence-electron chi connectivity index (χ2n) is 7.13. The molecule has 0 atom stereocenters. The topological polar surface area (TPSA) is 0 Å². The fraction of sp³-hybridized carbons (Fsp3) is 0.280. The Morgan fingerprint density at radius 2 is 1.64 bits per heavy atom. The van der Waals surface area contributed by atoms with Gasteiger partial charge in [0.25, 0.3) is 0 Å². The van der Waals surface area contributed by atoms with Crippen LogP contribution in [0.5, 0.6) is 0 Å². The second kappa shape index (κ2) is 7.70. The van der Waals surface area contributed by atoms with Crippen molar-refractivity contribution in [2.75, 3.05) is 0 Å². The predicted octanol–water partition coefficient (Wildman–Crippen LogP) is 5.29. The van der Waals surface area contributed by atoms with Crippen molar-refractivity contribution in [2.24, 2.45) is 0 Å². The highest BCUT2D eigenvalue weighted by atomic mass is 14.1. The van der Waals surface area contributed by atoms with Crippen LogP contribution in [0.25, 0.3) is 23.9 Å². The molecule has 0 bridgehead atoms. The zero-order valence-electron chi connectivity index (χ0n) is 15.6. The summed E-state index contributed by atoms with van der Waals surface area (Å²) in [5.74, 6) is 0. The molecule has 0 aliphatic carbocycles. The van der Waals surface area contributed by atoms with Crippen LogP contribution in [0.15, 0.2) is 48.5 Å². The first-order valence-electron chi connectivity index (χ1n) is 9.37. The van der Waals surface area contributed by atoms with E-state index in [0.717, 1.165) is 23.3 Å². The van der Waals surface area contributed by atoms with E-state index >= 15 is 0 Å². The minimum atomic E-state index is 0.914. The van der Waals surface area contributed by atoms with Crippen LogP contribution < -0.4 is 10.4 Å². The van der Waals surface area contributed by atoms with E-state index in [0.29, 0.717) is 0 Å². The number of rotatable bonds is 6. The molecule has 128 valence electrons. The summed E-state index contributed by atoms with van der Waals surface area (Å²) < 4.78 is 0. The zero-order valence-corrected chi connectivity index (χ0v) is 15.6. The lowest BCUT2D eigenvalue weighted by Gasteiger charge is -2.11. The van der Waals surface area contributed by atoms with Crippen molar-refractivity contribution in [2.45, 2.75) is 46.0 Å². The second-order valence-corrected chi connectivity index (χ2v) is 7.13. The van der Waals surface area contributed by atoms with Gasteiger partial charge in [0, 0.05) is 0 Å². The van der Waals surface area contributed by atoms with Gasteiger partial charge in [0.2, 0.25) is 0 Å². The highest BCUT2D eigenvalue weighted by Crippen LogP contribution is 2.17. The van der Waals surface area contributed by atoms with E-state index in [1.54, 1.807) is 0 Å². The molecule has 0 aliphatic rings. The number of fused-ring (bicyclic) bond motifs is 1. The lowest BCUT2D eigenvalue weighted by Crippen LogP contribution is -2.17. The van der Waals surface area contributed by atoms with E-state index in [1.807, 2.05) is 0 Å². The lowest BCUT2D eigenvalue weighted by atomic mass is 9.93. The molecule has 0 aromatic heterocycles. The Bertz CT molecular complexity index is 962. The Hall–Kier alpha value is -2.34. The van der Waals surface area contributed by atoms with E-state index in [1.165, 1.54) is 52.3 Å². The molecule has 3 aromatic rings. The molecule has 0 radical (unpaired) electrons. The van der Waals surface area contributed by atoms with Crippen molar-refractivity contribution in [3.05, 3.63) is 81.2 Å². The minimum Gasteiger partial charge on any atom is -0.0911 e. The monoisotopic (exact) mass is 328 g/mol. The summed E-state index contributed by atoms with van der Waals surface area (Å²) >= 11 is 0. The number of hydrogen-bond donors (Lipinski definition) is 0. The molecular weight excluding hydrogens is 300 g/mol. The maximum Gasteiger partial charge on any atom is -0.00196 e.